The van der Waals surface area contributed by atoms with Crippen molar-refractivity contribution < 1.29 is 4.74 Å². The summed E-state index contributed by atoms with van der Waals surface area (Å²) in [6, 6.07) is 13.4. The van der Waals surface area contributed by atoms with Gasteiger partial charge in [-0.15, -0.1) is 0 Å². The van der Waals surface area contributed by atoms with E-state index in [9.17, 15) is 4.79 Å². The number of aromatic amines is 2. The van der Waals surface area contributed by atoms with Crippen molar-refractivity contribution in [1.82, 2.24) is 15.2 Å². The molecule has 0 atom stereocenters. The van der Waals surface area contributed by atoms with Crippen molar-refractivity contribution in [3.05, 3.63) is 64.6 Å². The highest BCUT2D eigenvalue weighted by Gasteiger charge is 2.05. The van der Waals surface area contributed by atoms with E-state index in [0.29, 0.717) is 12.1 Å². The molecule has 0 aliphatic heterocycles. The van der Waals surface area contributed by atoms with Gasteiger partial charge in [-0.25, -0.2) is 0 Å². The summed E-state index contributed by atoms with van der Waals surface area (Å²) in [5.74, 6) is 0.763. The molecule has 0 radical (unpaired) electrons. The summed E-state index contributed by atoms with van der Waals surface area (Å²) >= 11 is 0. The van der Waals surface area contributed by atoms with E-state index in [1.54, 1.807) is 13.3 Å². The highest BCUT2D eigenvalue weighted by Crippen LogP contribution is 2.20. The maximum atomic E-state index is 12.2. The van der Waals surface area contributed by atoms with Crippen LogP contribution in [0, 0.1) is 0 Å². The fourth-order valence-electron chi connectivity index (χ4n) is 2.74. The molecule has 4 rings (SSSR count). The Hall–Kier alpha value is -3.28. The van der Waals surface area contributed by atoms with Crippen LogP contribution in [0.15, 0.2) is 53.5 Å². The Morgan fingerprint density at radius 3 is 2.83 bits per heavy atom. The monoisotopic (exact) mass is 320 g/mol. The number of benzene rings is 2. The lowest BCUT2D eigenvalue weighted by atomic mass is 10.1. The molecule has 0 amide bonds. The zero-order valence-electron chi connectivity index (χ0n) is 13.1. The molecule has 120 valence electrons. The Balaban J connectivity index is 1.63. The Kier molecular flexibility index (Phi) is 3.42. The lowest BCUT2D eigenvalue weighted by Crippen LogP contribution is -2.15. The number of methoxy groups -OCH3 is 1. The minimum atomic E-state index is -0.0930. The largest absolute Gasteiger partial charge is 0.497 e. The first-order chi connectivity index (χ1) is 11.7. The van der Waals surface area contributed by atoms with Gasteiger partial charge in [-0.05, 0) is 42.5 Å². The lowest BCUT2D eigenvalue weighted by Gasteiger charge is -2.08. The third-order valence-electron chi connectivity index (χ3n) is 4.05. The molecule has 6 heteroatoms. The zero-order chi connectivity index (χ0) is 16.5. The van der Waals surface area contributed by atoms with Crippen LogP contribution >= 0.6 is 0 Å². The van der Waals surface area contributed by atoms with E-state index in [1.165, 1.54) is 0 Å². The summed E-state index contributed by atoms with van der Waals surface area (Å²) in [4.78, 5) is 15.1. The van der Waals surface area contributed by atoms with Gasteiger partial charge in [0.15, 0.2) is 0 Å². The summed E-state index contributed by atoms with van der Waals surface area (Å²) in [5.41, 5.74) is 3.29. The number of rotatable bonds is 4. The van der Waals surface area contributed by atoms with E-state index in [1.807, 2.05) is 42.5 Å². The summed E-state index contributed by atoms with van der Waals surface area (Å²) < 4.78 is 5.24. The second kappa shape index (κ2) is 5.73. The number of nitrogens with one attached hydrogen (secondary N) is 3. The van der Waals surface area contributed by atoms with E-state index in [-0.39, 0.29) is 5.56 Å². The van der Waals surface area contributed by atoms with Gasteiger partial charge in [0.05, 0.1) is 18.8 Å². The molecule has 6 nitrogen and oxygen atoms in total. The molecular weight excluding hydrogens is 304 g/mol. The van der Waals surface area contributed by atoms with Crippen LogP contribution < -0.4 is 15.6 Å². The van der Waals surface area contributed by atoms with Crippen molar-refractivity contribution in [2.24, 2.45) is 0 Å². The zero-order valence-corrected chi connectivity index (χ0v) is 13.1. The molecule has 24 heavy (non-hydrogen) atoms. The maximum Gasteiger partial charge on any atom is 0.253 e. The van der Waals surface area contributed by atoms with Gasteiger partial charge in [-0.1, -0.05) is 0 Å². The second-order valence-corrected chi connectivity index (χ2v) is 5.60. The Morgan fingerprint density at radius 2 is 1.96 bits per heavy atom. The van der Waals surface area contributed by atoms with Crippen molar-refractivity contribution in [1.29, 1.82) is 0 Å². The van der Waals surface area contributed by atoms with Crippen LogP contribution in [0.4, 0.5) is 5.69 Å². The van der Waals surface area contributed by atoms with Gasteiger partial charge >= 0.3 is 0 Å². The topological polar surface area (TPSA) is 82.8 Å². The van der Waals surface area contributed by atoms with Crippen LogP contribution in [0.3, 0.4) is 0 Å². The lowest BCUT2D eigenvalue weighted by molar-refractivity contribution is 0.415. The fraction of sp³-hybridized carbons (Fsp3) is 0.111. The molecule has 0 bridgehead atoms. The van der Waals surface area contributed by atoms with Gasteiger partial charge < -0.3 is 15.0 Å². The number of hydrogen-bond donors (Lipinski definition) is 3. The smallest absolute Gasteiger partial charge is 0.253 e. The van der Waals surface area contributed by atoms with Gasteiger partial charge in [-0.3, -0.25) is 9.89 Å². The third-order valence-corrected chi connectivity index (χ3v) is 4.05. The van der Waals surface area contributed by atoms with Gasteiger partial charge in [0.25, 0.3) is 5.56 Å². The summed E-state index contributed by atoms with van der Waals surface area (Å²) in [7, 11) is 1.63. The van der Waals surface area contributed by atoms with Gasteiger partial charge in [-0.2, -0.15) is 5.10 Å². The number of aromatic nitrogens is 3. The Morgan fingerprint density at radius 1 is 1.08 bits per heavy atom. The number of pyridine rings is 1. The van der Waals surface area contributed by atoms with Gasteiger partial charge in [0.2, 0.25) is 0 Å². The molecule has 2 aromatic carbocycles. The van der Waals surface area contributed by atoms with E-state index >= 15 is 0 Å². The number of H-pyrrole nitrogens is 2. The fourth-order valence-corrected chi connectivity index (χ4v) is 2.74. The van der Waals surface area contributed by atoms with Crippen molar-refractivity contribution in [3.63, 3.8) is 0 Å². The van der Waals surface area contributed by atoms with Crippen molar-refractivity contribution in [2.45, 2.75) is 6.54 Å². The SMILES string of the molecule is COc1ccc2[nH]c(=O)c(CNc3ccc4[nH]ncc4c3)cc2c1. The van der Waals surface area contributed by atoms with Gasteiger partial charge in [0.1, 0.15) is 5.75 Å². The highest BCUT2D eigenvalue weighted by atomic mass is 16.5. The molecule has 0 aliphatic rings. The average Bonchev–Trinajstić information content (AvgIpc) is 3.07. The first kappa shape index (κ1) is 14.3. The minimum absolute atomic E-state index is 0.0930. The predicted octanol–water partition coefficient (Wildman–Crippen LogP) is 3.03. The predicted molar refractivity (Wildman–Crippen MR) is 94.5 cm³/mol. The Bertz CT molecular complexity index is 1080. The van der Waals surface area contributed by atoms with Crippen LogP contribution in [0.1, 0.15) is 5.56 Å². The van der Waals surface area contributed by atoms with Crippen LogP contribution in [-0.2, 0) is 6.54 Å². The van der Waals surface area contributed by atoms with Crippen molar-refractivity contribution in [2.75, 3.05) is 12.4 Å². The first-order valence-corrected chi connectivity index (χ1v) is 7.60. The quantitative estimate of drug-likeness (QED) is 0.540. The van der Waals surface area contributed by atoms with Crippen molar-refractivity contribution in [3.8, 4) is 5.75 Å². The Labute approximate surface area is 137 Å². The number of fused-ring (bicyclic) bond motifs is 2. The number of hydrogen-bond acceptors (Lipinski definition) is 4. The minimum Gasteiger partial charge on any atom is -0.497 e. The molecular formula is C18H16N4O2. The molecule has 0 unspecified atom stereocenters. The summed E-state index contributed by atoms with van der Waals surface area (Å²) in [5, 5.41) is 12.2. The summed E-state index contributed by atoms with van der Waals surface area (Å²) in [6.45, 7) is 0.436. The molecule has 2 aromatic heterocycles. The van der Waals surface area contributed by atoms with Crippen LogP contribution in [0.2, 0.25) is 0 Å². The highest BCUT2D eigenvalue weighted by molar-refractivity contribution is 5.82. The molecule has 0 spiro atoms. The van der Waals surface area contributed by atoms with E-state index in [0.717, 1.165) is 33.2 Å². The molecule has 0 aliphatic carbocycles. The molecule has 3 N–H and O–H groups in total. The van der Waals surface area contributed by atoms with Gasteiger partial charge in [0, 0.05) is 34.1 Å². The van der Waals surface area contributed by atoms with Crippen molar-refractivity contribution >= 4 is 27.5 Å². The number of nitrogens with zero attached hydrogens (tertiary/aromatic N) is 1. The molecule has 4 aromatic rings. The first-order valence-electron chi connectivity index (χ1n) is 7.60. The van der Waals surface area contributed by atoms with E-state index in [4.69, 9.17) is 4.74 Å². The maximum absolute atomic E-state index is 12.2. The standard InChI is InChI=1S/C18H16N4O2/c1-24-15-3-5-16-11(8-15)6-13(18(23)21-16)9-19-14-2-4-17-12(7-14)10-20-22-17/h2-8,10,19H,9H2,1H3,(H,20,22)(H,21,23). The van der Waals surface area contributed by atoms with Crippen LogP contribution in [0.5, 0.6) is 5.75 Å². The molecule has 0 saturated carbocycles. The van der Waals surface area contributed by atoms with Crippen LogP contribution in [0.25, 0.3) is 21.8 Å². The van der Waals surface area contributed by atoms with Crippen LogP contribution in [-0.4, -0.2) is 22.3 Å². The number of anilines is 1. The van der Waals surface area contributed by atoms with E-state index < -0.39 is 0 Å². The molecule has 0 fully saturated rings. The molecule has 2 heterocycles. The van der Waals surface area contributed by atoms with E-state index in [2.05, 4.69) is 20.5 Å². The normalized spacial score (nSPS) is 11.0. The number of ether oxygens (including phenoxy) is 1. The third kappa shape index (κ3) is 2.58. The average molecular weight is 320 g/mol. The second-order valence-electron chi connectivity index (χ2n) is 5.60. The molecule has 0 saturated heterocycles. The summed E-state index contributed by atoms with van der Waals surface area (Å²) in [6.07, 6.45) is 1.77.